The average molecular weight is 294 g/mol. The molecule has 0 amide bonds. The van der Waals surface area contributed by atoms with Crippen LogP contribution in [0.3, 0.4) is 0 Å². The Labute approximate surface area is 118 Å². The zero-order chi connectivity index (χ0) is 14.6. The van der Waals surface area contributed by atoms with Gasteiger partial charge in [0.1, 0.15) is 6.61 Å². The van der Waals surface area contributed by atoms with Crippen molar-refractivity contribution in [1.82, 2.24) is 10.2 Å². The molecule has 1 saturated carbocycles. The van der Waals surface area contributed by atoms with Gasteiger partial charge in [0.2, 0.25) is 0 Å². The van der Waals surface area contributed by atoms with Crippen LogP contribution >= 0.6 is 0 Å². The maximum Gasteiger partial charge on any atom is 0.411 e. The van der Waals surface area contributed by atoms with Crippen molar-refractivity contribution in [2.75, 3.05) is 32.8 Å². The molecule has 1 atom stereocenters. The highest BCUT2D eigenvalue weighted by Crippen LogP contribution is 2.35. The molecule has 1 aliphatic heterocycles. The van der Waals surface area contributed by atoms with E-state index in [0.29, 0.717) is 12.6 Å². The van der Waals surface area contributed by atoms with Crippen LogP contribution in [0.2, 0.25) is 0 Å². The maximum atomic E-state index is 12.1. The molecule has 6 heteroatoms. The maximum absolute atomic E-state index is 12.1. The predicted molar refractivity (Wildman–Crippen MR) is 71.7 cm³/mol. The van der Waals surface area contributed by atoms with Crippen LogP contribution in [-0.2, 0) is 4.74 Å². The van der Waals surface area contributed by atoms with Crippen molar-refractivity contribution >= 4 is 0 Å². The van der Waals surface area contributed by atoms with Crippen LogP contribution < -0.4 is 5.32 Å². The lowest BCUT2D eigenvalue weighted by molar-refractivity contribution is -0.176. The molecule has 2 aliphatic rings. The monoisotopic (exact) mass is 294 g/mol. The van der Waals surface area contributed by atoms with E-state index in [2.05, 4.69) is 17.1 Å². The van der Waals surface area contributed by atoms with Crippen molar-refractivity contribution in [3.8, 4) is 0 Å². The minimum absolute atomic E-state index is 0.145. The second kappa shape index (κ2) is 6.62. The van der Waals surface area contributed by atoms with Crippen LogP contribution in [0.25, 0.3) is 0 Å². The van der Waals surface area contributed by atoms with Gasteiger partial charge in [0, 0.05) is 31.2 Å². The van der Waals surface area contributed by atoms with Crippen molar-refractivity contribution < 1.29 is 17.9 Å². The Morgan fingerprint density at radius 2 is 1.95 bits per heavy atom. The van der Waals surface area contributed by atoms with Gasteiger partial charge in [-0.05, 0) is 19.8 Å². The minimum atomic E-state index is -4.22. The Bertz CT molecular complexity index is 303. The molecule has 3 nitrogen and oxygen atoms in total. The fraction of sp³-hybridized carbons (Fsp3) is 1.00. The number of hydrogen-bond donors (Lipinski definition) is 1. The largest absolute Gasteiger partial charge is 0.411 e. The summed E-state index contributed by atoms with van der Waals surface area (Å²) in [5, 5.41) is 3.52. The lowest BCUT2D eigenvalue weighted by Gasteiger charge is -2.51. The highest BCUT2D eigenvalue weighted by Gasteiger charge is 2.41. The van der Waals surface area contributed by atoms with E-state index in [9.17, 15) is 13.2 Å². The highest BCUT2D eigenvalue weighted by molar-refractivity contribution is 4.99. The topological polar surface area (TPSA) is 24.5 Å². The zero-order valence-corrected chi connectivity index (χ0v) is 12.1. The molecule has 1 saturated heterocycles. The second-order valence-corrected chi connectivity index (χ2v) is 6.18. The summed E-state index contributed by atoms with van der Waals surface area (Å²) in [7, 11) is 0. The molecule has 1 heterocycles. The van der Waals surface area contributed by atoms with E-state index >= 15 is 0 Å². The molecular formula is C14H25F3N2O. The van der Waals surface area contributed by atoms with E-state index in [-0.39, 0.29) is 12.1 Å². The number of halogens is 3. The molecule has 1 unspecified atom stereocenters. The van der Waals surface area contributed by atoms with Crippen LogP contribution in [-0.4, -0.2) is 55.5 Å². The smallest absolute Gasteiger partial charge is 0.371 e. The fourth-order valence-electron chi connectivity index (χ4n) is 3.46. The van der Waals surface area contributed by atoms with Gasteiger partial charge in [0.25, 0.3) is 0 Å². The zero-order valence-electron chi connectivity index (χ0n) is 12.1. The van der Waals surface area contributed by atoms with E-state index < -0.39 is 12.8 Å². The molecule has 118 valence electrons. The van der Waals surface area contributed by atoms with Gasteiger partial charge in [-0.25, -0.2) is 0 Å². The first-order valence-electron chi connectivity index (χ1n) is 7.54. The summed E-state index contributed by atoms with van der Waals surface area (Å²) in [4.78, 5) is 2.36. The van der Waals surface area contributed by atoms with Crippen molar-refractivity contribution in [2.24, 2.45) is 0 Å². The number of ether oxygens (including phenoxy) is 1. The van der Waals surface area contributed by atoms with Gasteiger partial charge in [-0.2, -0.15) is 13.2 Å². The SMILES string of the molecule is CC1CN(CCOCC(F)(F)F)C2(CCCCC2)CN1. The quantitative estimate of drug-likeness (QED) is 0.807. The van der Waals surface area contributed by atoms with Gasteiger partial charge in [-0.15, -0.1) is 0 Å². The number of piperazine rings is 1. The third-order valence-corrected chi connectivity index (χ3v) is 4.50. The molecule has 0 bridgehead atoms. The Morgan fingerprint density at radius 1 is 1.25 bits per heavy atom. The second-order valence-electron chi connectivity index (χ2n) is 6.18. The lowest BCUT2D eigenvalue weighted by atomic mass is 9.78. The number of rotatable bonds is 4. The minimum Gasteiger partial charge on any atom is -0.371 e. The standard InChI is InChI=1S/C14H25F3N2O/c1-12-9-19(7-8-20-11-14(15,16)17)13(10-18-12)5-3-2-4-6-13/h12,18H,2-11H2,1H3. The Balaban J connectivity index is 1.85. The normalized spacial score (nSPS) is 27.9. The van der Waals surface area contributed by atoms with E-state index in [1.807, 2.05) is 0 Å². The van der Waals surface area contributed by atoms with E-state index in [4.69, 9.17) is 4.74 Å². The van der Waals surface area contributed by atoms with E-state index in [1.54, 1.807) is 0 Å². The van der Waals surface area contributed by atoms with Gasteiger partial charge >= 0.3 is 6.18 Å². The van der Waals surface area contributed by atoms with Crippen molar-refractivity contribution in [3.63, 3.8) is 0 Å². The molecule has 20 heavy (non-hydrogen) atoms. The Hall–Kier alpha value is -0.330. The van der Waals surface area contributed by atoms with Crippen molar-refractivity contribution in [1.29, 1.82) is 0 Å². The molecule has 0 aromatic rings. The number of hydrogen-bond acceptors (Lipinski definition) is 3. The van der Waals surface area contributed by atoms with Gasteiger partial charge in [-0.3, -0.25) is 4.90 Å². The fourth-order valence-corrected chi connectivity index (χ4v) is 3.46. The van der Waals surface area contributed by atoms with Crippen LogP contribution in [0, 0.1) is 0 Å². The summed E-state index contributed by atoms with van der Waals surface area (Å²) in [5.74, 6) is 0. The third-order valence-electron chi connectivity index (χ3n) is 4.50. The van der Waals surface area contributed by atoms with Gasteiger partial charge in [-0.1, -0.05) is 19.3 Å². The summed E-state index contributed by atoms with van der Waals surface area (Å²) in [6.07, 6.45) is 1.78. The first-order chi connectivity index (χ1) is 9.41. The molecule has 2 fully saturated rings. The Kier molecular flexibility index (Phi) is 5.31. The first kappa shape index (κ1) is 16.0. The molecule has 0 radical (unpaired) electrons. The van der Waals surface area contributed by atoms with Crippen molar-refractivity contribution in [3.05, 3.63) is 0 Å². The summed E-state index contributed by atoms with van der Waals surface area (Å²) < 4.78 is 41.0. The first-order valence-corrected chi connectivity index (χ1v) is 7.54. The van der Waals surface area contributed by atoms with E-state index in [1.165, 1.54) is 19.3 Å². The van der Waals surface area contributed by atoms with Crippen LogP contribution in [0.4, 0.5) is 13.2 Å². The highest BCUT2D eigenvalue weighted by atomic mass is 19.4. The summed E-state index contributed by atoms with van der Waals surface area (Å²) in [6.45, 7) is 3.60. The van der Waals surface area contributed by atoms with Gasteiger partial charge in [0.15, 0.2) is 0 Å². The van der Waals surface area contributed by atoms with Crippen LogP contribution in [0.1, 0.15) is 39.0 Å². The molecular weight excluding hydrogens is 269 g/mol. The molecule has 0 aromatic carbocycles. The predicted octanol–water partition coefficient (Wildman–Crippen LogP) is 2.56. The van der Waals surface area contributed by atoms with Crippen LogP contribution in [0.15, 0.2) is 0 Å². The summed E-state index contributed by atoms with van der Waals surface area (Å²) in [6, 6.07) is 0.394. The van der Waals surface area contributed by atoms with Crippen molar-refractivity contribution in [2.45, 2.75) is 56.8 Å². The Morgan fingerprint density at radius 3 is 2.60 bits per heavy atom. The average Bonchev–Trinajstić information content (AvgIpc) is 2.39. The third kappa shape index (κ3) is 4.33. The number of nitrogens with zero attached hydrogens (tertiary/aromatic N) is 1. The molecule has 0 aromatic heterocycles. The summed E-state index contributed by atoms with van der Waals surface area (Å²) in [5.41, 5.74) is 0.145. The number of alkyl halides is 3. The van der Waals surface area contributed by atoms with Gasteiger partial charge in [0.05, 0.1) is 6.61 Å². The van der Waals surface area contributed by atoms with Gasteiger partial charge < -0.3 is 10.1 Å². The van der Waals surface area contributed by atoms with E-state index in [0.717, 1.165) is 25.9 Å². The lowest BCUT2D eigenvalue weighted by Crippen LogP contribution is -2.65. The number of nitrogens with one attached hydrogen (secondary N) is 1. The summed E-state index contributed by atoms with van der Waals surface area (Å²) >= 11 is 0. The molecule has 1 N–H and O–H groups in total. The molecule has 1 spiro atoms. The van der Waals surface area contributed by atoms with Crippen LogP contribution in [0.5, 0.6) is 0 Å². The molecule has 2 rings (SSSR count). The molecule has 1 aliphatic carbocycles.